The lowest BCUT2D eigenvalue weighted by Crippen LogP contribution is -2.19. The lowest BCUT2D eigenvalue weighted by molar-refractivity contribution is 0.800. The third kappa shape index (κ3) is 2.04. The molecule has 1 saturated carbocycles. The van der Waals surface area contributed by atoms with Gasteiger partial charge in [0.2, 0.25) is 0 Å². The number of hydrogen-bond acceptors (Lipinski definition) is 3. The van der Waals surface area contributed by atoms with Crippen molar-refractivity contribution in [1.29, 1.82) is 0 Å². The van der Waals surface area contributed by atoms with E-state index in [1.54, 1.807) is 0 Å². The van der Waals surface area contributed by atoms with Crippen LogP contribution >= 0.6 is 0 Å². The van der Waals surface area contributed by atoms with Crippen LogP contribution in [0.25, 0.3) is 0 Å². The van der Waals surface area contributed by atoms with Gasteiger partial charge in [0.25, 0.3) is 0 Å². The quantitative estimate of drug-likeness (QED) is 0.809. The van der Waals surface area contributed by atoms with E-state index in [-0.39, 0.29) is 5.54 Å². The molecule has 0 spiro atoms. The lowest BCUT2D eigenvalue weighted by atomic mass is 10.0. The molecule has 0 atom stereocenters. The minimum Gasteiger partial charge on any atom is -0.399 e. The van der Waals surface area contributed by atoms with Crippen molar-refractivity contribution in [3.05, 3.63) is 53.7 Å². The highest BCUT2D eigenvalue weighted by Crippen LogP contribution is 2.48. The fourth-order valence-corrected chi connectivity index (χ4v) is 2.20. The molecule has 0 unspecified atom stereocenters. The second kappa shape index (κ2) is 4.02. The first-order valence-electron chi connectivity index (χ1n) is 6.25. The third-order valence-corrected chi connectivity index (χ3v) is 3.49. The Hall–Kier alpha value is -2.03. The van der Waals surface area contributed by atoms with Gasteiger partial charge in [-0.05, 0) is 49.1 Å². The Morgan fingerprint density at radius 2 is 1.83 bits per heavy atom. The molecule has 0 bridgehead atoms. The molecule has 1 fully saturated rings. The first-order chi connectivity index (χ1) is 8.68. The van der Waals surface area contributed by atoms with Crippen molar-refractivity contribution >= 4 is 11.5 Å². The van der Waals surface area contributed by atoms with Gasteiger partial charge < -0.3 is 11.1 Å². The summed E-state index contributed by atoms with van der Waals surface area (Å²) in [4.78, 5) is 4.41. The summed E-state index contributed by atoms with van der Waals surface area (Å²) in [6.07, 6.45) is 4.18. The zero-order valence-corrected chi connectivity index (χ0v) is 10.5. The van der Waals surface area contributed by atoms with Gasteiger partial charge in [-0.3, -0.25) is 0 Å². The highest BCUT2D eigenvalue weighted by atomic mass is 15.1. The molecule has 0 saturated heterocycles. The van der Waals surface area contributed by atoms with Gasteiger partial charge >= 0.3 is 0 Å². The van der Waals surface area contributed by atoms with E-state index in [9.17, 15) is 0 Å². The van der Waals surface area contributed by atoms with Crippen LogP contribution in [0.5, 0.6) is 0 Å². The van der Waals surface area contributed by atoms with E-state index >= 15 is 0 Å². The molecule has 3 N–H and O–H groups in total. The van der Waals surface area contributed by atoms with Gasteiger partial charge in [0, 0.05) is 11.9 Å². The molecule has 1 aromatic carbocycles. The Morgan fingerprint density at radius 1 is 1.11 bits per heavy atom. The number of hydrogen-bond donors (Lipinski definition) is 2. The standard InChI is InChI=1S/C15H17N3/c1-11-2-7-14(17-10-11)18-15(8-9-15)12-3-5-13(16)6-4-12/h2-7,10H,8-9,16H2,1H3,(H,17,18). The second-order valence-electron chi connectivity index (χ2n) is 5.05. The Bertz CT molecular complexity index is 539. The zero-order valence-electron chi connectivity index (χ0n) is 10.5. The van der Waals surface area contributed by atoms with Gasteiger partial charge in [0.1, 0.15) is 5.82 Å². The molecule has 18 heavy (non-hydrogen) atoms. The Morgan fingerprint density at radius 3 is 2.39 bits per heavy atom. The van der Waals surface area contributed by atoms with Crippen molar-refractivity contribution in [1.82, 2.24) is 4.98 Å². The average Bonchev–Trinajstić information content (AvgIpc) is 3.14. The highest BCUT2D eigenvalue weighted by Gasteiger charge is 2.44. The molecular formula is C15H17N3. The first kappa shape index (κ1) is 11.1. The number of benzene rings is 1. The van der Waals surface area contributed by atoms with Crippen molar-refractivity contribution < 1.29 is 0 Å². The summed E-state index contributed by atoms with van der Waals surface area (Å²) in [6.45, 7) is 2.05. The maximum Gasteiger partial charge on any atom is 0.126 e. The number of nitrogen functional groups attached to an aromatic ring is 1. The van der Waals surface area contributed by atoms with Crippen molar-refractivity contribution in [2.75, 3.05) is 11.1 Å². The number of anilines is 2. The summed E-state index contributed by atoms with van der Waals surface area (Å²) >= 11 is 0. The van der Waals surface area contributed by atoms with E-state index in [0.717, 1.165) is 24.3 Å². The fourth-order valence-electron chi connectivity index (χ4n) is 2.20. The molecule has 1 aliphatic rings. The summed E-state index contributed by atoms with van der Waals surface area (Å²) in [6, 6.07) is 12.2. The zero-order chi connectivity index (χ0) is 12.6. The maximum atomic E-state index is 5.73. The Labute approximate surface area is 107 Å². The molecular weight excluding hydrogens is 222 g/mol. The largest absolute Gasteiger partial charge is 0.399 e. The van der Waals surface area contributed by atoms with Crippen LogP contribution in [-0.2, 0) is 5.54 Å². The second-order valence-corrected chi connectivity index (χ2v) is 5.05. The summed E-state index contributed by atoms with van der Waals surface area (Å²) in [5, 5.41) is 3.54. The van der Waals surface area contributed by atoms with Crippen molar-refractivity contribution in [2.24, 2.45) is 0 Å². The van der Waals surface area contributed by atoms with Crippen LogP contribution in [0.15, 0.2) is 42.6 Å². The molecule has 0 amide bonds. The molecule has 1 aromatic heterocycles. The van der Waals surface area contributed by atoms with Crippen LogP contribution < -0.4 is 11.1 Å². The molecule has 3 heteroatoms. The number of nitrogens with two attached hydrogens (primary N) is 1. The summed E-state index contributed by atoms with van der Waals surface area (Å²) < 4.78 is 0. The van der Waals surface area contributed by atoms with E-state index in [1.165, 1.54) is 11.1 Å². The van der Waals surface area contributed by atoms with E-state index in [1.807, 2.05) is 31.3 Å². The Balaban J connectivity index is 1.83. The predicted molar refractivity (Wildman–Crippen MR) is 74.4 cm³/mol. The smallest absolute Gasteiger partial charge is 0.126 e. The third-order valence-electron chi connectivity index (χ3n) is 3.49. The van der Waals surface area contributed by atoms with Crippen LogP contribution in [0.3, 0.4) is 0 Å². The van der Waals surface area contributed by atoms with Crippen molar-refractivity contribution in [2.45, 2.75) is 25.3 Å². The van der Waals surface area contributed by atoms with E-state index < -0.39 is 0 Å². The molecule has 92 valence electrons. The number of aryl methyl sites for hydroxylation is 1. The van der Waals surface area contributed by atoms with Gasteiger partial charge in [-0.2, -0.15) is 0 Å². The molecule has 0 aliphatic heterocycles. The molecule has 3 rings (SSSR count). The van der Waals surface area contributed by atoms with Gasteiger partial charge in [-0.15, -0.1) is 0 Å². The normalized spacial score (nSPS) is 16.3. The summed E-state index contributed by atoms with van der Waals surface area (Å²) in [7, 11) is 0. The van der Waals surface area contributed by atoms with Gasteiger partial charge in [-0.1, -0.05) is 18.2 Å². The van der Waals surface area contributed by atoms with Gasteiger partial charge in [0.05, 0.1) is 5.54 Å². The van der Waals surface area contributed by atoms with Crippen LogP contribution in [0.1, 0.15) is 24.0 Å². The first-order valence-corrected chi connectivity index (χ1v) is 6.25. The number of aromatic nitrogens is 1. The molecule has 0 radical (unpaired) electrons. The molecule has 1 heterocycles. The van der Waals surface area contributed by atoms with Crippen LogP contribution in [0.4, 0.5) is 11.5 Å². The van der Waals surface area contributed by atoms with Crippen molar-refractivity contribution in [3.63, 3.8) is 0 Å². The Kier molecular flexibility index (Phi) is 2.47. The molecule has 1 aliphatic carbocycles. The SMILES string of the molecule is Cc1ccc(NC2(c3ccc(N)cc3)CC2)nc1. The molecule has 2 aromatic rings. The van der Waals surface area contributed by atoms with E-state index in [4.69, 9.17) is 5.73 Å². The van der Waals surface area contributed by atoms with Crippen LogP contribution in [0, 0.1) is 6.92 Å². The number of nitrogens with zero attached hydrogens (tertiary/aromatic N) is 1. The van der Waals surface area contributed by atoms with Crippen molar-refractivity contribution in [3.8, 4) is 0 Å². The number of rotatable bonds is 3. The fraction of sp³-hybridized carbons (Fsp3) is 0.267. The van der Waals surface area contributed by atoms with Gasteiger partial charge in [-0.25, -0.2) is 4.98 Å². The van der Waals surface area contributed by atoms with E-state index in [0.29, 0.717) is 0 Å². The monoisotopic (exact) mass is 239 g/mol. The highest BCUT2D eigenvalue weighted by molar-refractivity contribution is 5.49. The lowest BCUT2D eigenvalue weighted by Gasteiger charge is -2.18. The summed E-state index contributed by atoms with van der Waals surface area (Å²) in [5.74, 6) is 0.940. The number of nitrogens with one attached hydrogen (secondary N) is 1. The summed E-state index contributed by atoms with van der Waals surface area (Å²) in [5.41, 5.74) is 9.07. The van der Waals surface area contributed by atoms with E-state index in [2.05, 4.69) is 28.5 Å². The maximum absolute atomic E-state index is 5.73. The molecule has 3 nitrogen and oxygen atoms in total. The van der Waals surface area contributed by atoms with Crippen LogP contribution in [0.2, 0.25) is 0 Å². The minimum absolute atomic E-state index is 0.0654. The average molecular weight is 239 g/mol. The number of pyridine rings is 1. The predicted octanol–water partition coefficient (Wildman–Crippen LogP) is 3.07. The minimum atomic E-state index is 0.0654. The van der Waals surface area contributed by atoms with Gasteiger partial charge in [0.15, 0.2) is 0 Å². The topological polar surface area (TPSA) is 50.9 Å². The van der Waals surface area contributed by atoms with Crippen LogP contribution in [-0.4, -0.2) is 4.98 Å².